The van der Waals surface area contributed by atoms with Crippen molar-refractivity contribution in [2.24, 2.45) is 5.10 Å². The van der Waals surface area contributed by atoms with Gasteiger partial charge < -0.3 is 10.4 Å². The first-order valence-corrected chi connectivity index (χ1v) is 8.73. The largest absolute Gasteiger partial charge is 0.493 e. The molecule has 2 aromatic carbocycles. The van der Waals surface area contributed by atoms with Crippen LogP contribution in [0.25, 0.3) is 6.08 Å². The number of hydrogen-bond donors (Lipinski definition) is 3. The summed E-state index contributed by atoms with van der Waals surface area (Å²) in [5.74, 6) is -0.558. The minimum Gasteiger partial charge on any atom is -0.493 e. The quantitative estimate of drug-likeness (QED) is 0.435. The number of carbonyl (C=O) groups is 1. The average Bonchev–Trinajstić information content (AvgIpc) is 3.03. The first kappa shape index (κ1) is 18.9. The predicted octanol–water partition coefficient (Wildman–Crippen LogP) is 2.16. The second-order valence-corrected chi connectivity index (χ2v) is 6.10. The first-order valence-electron chi connectivity index (χ1n) is 8.73. The first-order chi connectivity index (χ1) is 13.6. The summed E-state index contributed by atoms with van der Waals surface area (Å²) < 4.78 is 0.972. The molecule has 28 heavy (non-hydrogen) atoms. The topological polar surface area (TPSA) is 99.5 Å². The number of rotatable bonds is 7. The molecule has 1 aromatic heterocycles. The monoisotopic (exact) mass is 376 g/mol. The third kappa shape index (κ3) is 5.57. The third-order valence-corrected chi connectivity index (χ3v) is 3.91. The van der Waals surface area contributed by atoms with Crippen LogP contribution in [0.2, 0.25) is 0 Å². The van der Waals surface area contributed by atoms with Gasteiger partial charge in [0, 0.05) is 12.3 Å². The van der Waals surface area contributed by atoms with Crippen molar-refractivity contribution in [2.45, 2.75) is 12.5 Å². The molecule has 7 nitrogen and oxygen atoms in total. The molecule has 1 unspecified atom stereocenters. The van der Waals surface area contributed by atoms with Gasteiger partial charge >= 0.3 is 5.69 Å². The van der Waals surface area contributed by atoms with E-state index in [0.717, 1.165) is 22.0 Å². The SMILES string of the molecule is O=C(C=Cc1ccccc1)NC(C=Nn1cc(O)[nH]c1=O)Cc1ccccc1. The maximum Gasteiger partial charge on any atom is 0.349 e. The smallest absolute Gasteiger partial charge is 0.349 e. The van der Waals surface area contributed by atoms with Crippen LogP contribution in [0.3, 0.4) is 0 Å². The number of carbonyl (C=O) groups excluding carboxylic acids is 1. The number of benzene rings is 2. The van der Waals surface area contributed by atoms with Crippen LogP contribution < -0.4 is 11.0 Å². The van der Waals surface area contributed by atoms with Crippen molar-refractivity contribution in [3.8, 4) is 5.88 Å². The van der Waals surface area contributed by atoms with E-state index in [1.807, 2.05) is 60.7 Å². The zero-order chi connectivity index (χ0) is 19.8. The maximum absolute atomic E-state index is 12.3. The van der Waals surface area contributed by atoms with Crippen LogP contribution in [0.4, 0.5) is 0 Å². The van der Waals surface area contributed by atoms with E-state index >= 15 is 0 Å². The van der Waals surface area contributed by atoms with E-state index in [1.165, 1.54) is 12.3 Å². The van der Waals surface area contributed by atoms with Gasteiger partial charge in [-0.3, -0.25) is 9.78 Å². The molecule has 0 aliphatic carbocycles. The zero-order valence-corrected chi connectivity index (χ0v) is 15.0. The van der Waals surface area contributed by atoms with E-state index in [0.29, 0.717) is 6.42 Å². The molecule has 7 heteroatoms. The summed E-state index contributed by atoms with van der Waals surface area (Å²) in [5.41, 5.74) is 1.36. The highest BCUT2D eigenvalue weighted by molar-refractivity contribution is 5.93. The Kier molecular flexibility index (Phi) is 6.20. The lowest BCUT2D eigenvalue weighted by molar-refractivity contribution is -0.116. The van der Waals surface area contributed by atoms with Crippen LogP contribution in [-0.4, -0.2) is 32.9 Å². The number of imidazole rings is 1. The Balaban J connectivity index is 1.73. The van der Waals surface area contributed by atoms with Gasteiger partial charge in [0.05, 0.1) is 12.2 Å². The van der Waals surface area contributed by atoms with E-state index in [-0.39, 0.29) is 11.8 Å². The second kappa shape index (κ2) is 9.18. The van der Waals surface area contributed by atoms with Crippen LogP contribution in [0.1, 0.15) is 11.1 Å². The fourth-order valence-corrected chi connectivity index (χ4v) is 2.59. The van der Waals surface area contributed by atoms with E-state index in [4.69, 9.17) is 0 Å². The molecule has 0 saturated heterocycles. The third-order valence-electron chi connectivity index (χ3n) is 3.91. The van der Waals surface area contributed by atoms with Crippen molar-refractivity contribution in [1.29, 1.82) is 0 Å². The summed E-state index contributed by atoms with van der Waals surface area (Å²) >= 11 is 0. The fourth-order valence-electron chi connectivity index (χ4n) is 2.59. The van der Waals surface area contributed by atoms with Crippen molar-refractivity contribution >= 4 is 18.2 Å². The van der Waals surface area contributed by atoms with Crippen LogP contribution >= 0.6 is 0 Å². The Morgan fingerprint density at radius 1 is 1.14 bits per heavy atom. The summed E-state index contributed by atoms with van der Waals surface area (Å²) in [6.45, 7) is 0. The normalized spacial score (nSPS) is 12.4. The molecular weight excluding hydrogens is 356 g/mol. The molecule has 3 N–H and O–H groups in total. The minimum absolute atomic E-state index is 0.277. The van der Waals surface area contributed by atoms with Gasteiger partial charge in [-0.2, -0.15) is 9.78 Å². The average molecular weight is 376 g/mol. The molecule has 142 valence electrons. The van der Waals surface area contributed by atoms with Crippen molar-refractivity contribution in [3.05, 3.63) is 94.5 Å². The fraction of sp³-hybridized carbons (Fsp3) is 0.0952. The lowest BCUT2D eigenvalue weighted by Gasteiger charge is -2.13. The molecule has 3 aromatic rings. The highest BCUT2D eigenvalue weighted by Crippen LogP contribution is 2.04. The summed E-state index contributed by atoms with van der Waals surface area (Å²) in [4.78, 5) is 26.2. The molecule has 0 aliphatic heterocycles. The molecule has 1 amide bonds. The van der Waals surface area contributed by atoms with Crippen LogP contribution in [0.15, 0.2) is 82.8 Å². The van der Waals surface area contributed by atoms with E-state index in [9.17, 15) is 14.7 Å². The summed E-state index contributed by atoms with van der Waals surface area (Å²) in [6, 6.07) is 18.7. The number of H-pyrrole nitrogens is 1. The van der Waals surface area contributed by atoms with E-state index in [2.05, 4.69) is 15.4 Å². The number of aromatic amines is 1. The van der Waals surface area contributed by atoms with Crippen LogP contribution in [0, 0.1) is 0 Å². The van der Waals surface area contributed by atoms with Crippen molar-refractivity contribution in [1.82, 2.24) is 15.0 Å². The maximum atomic E-state index is 12.3. The predicted molar refractivity (Wildman–Crippen MR) is 108 cm³/mol. The number of aromatic hydroxyl groups is 1. The second-order valence-electron chi connectivity index (χ2n) is 6.10. The van der Waals surface area contributed by atoms with Gasteiger partial charge in [-0.25, -0.2) is 4.79 Å². The summed E-state index contributed by atoms with van der Waals surface area (Å²) in [5, 5.41) is 16.2. The Morgan fingerprint density at radius 2 is 1.82 bits per heavy atom. The van der Waals surface area contributed by atoms with Gasteiger partial charge in [0.15, 0.2) is 0 Å². The lowest BCUT2D eigenvalue weighted by Crippen LogP contribution is -2.37. The summed E-state index contributed by atoms with van der Waals surface area (Å²) in [6.07, 6.45) is 6.31. The van der Waals surface area contributed by atoms with Gasteiger partial charge in [-0.1, -0.05) is 60.7 Å². The molecule has 0 spiro atoms. The van der Waals surface area contributed by atoms with Gasteiger partial charge in [-0.05, 0) is 23.6 Å². The van der Waals surface area contributed by atoms with Gasteiger partial charge in [-0.15, -0.1) is 0 Å². The van der Waals surface area contributed by atoms with Crippen molar-refractivity contribution in [2.75, 3.05) is 0 Å². The Labute approximate surface area is 161 Å². The van der Waals surface area contributed by atoms with Gasteiger partial charge in [0.1, 0.15) is 0 Å². The lowest BCUT2D eigenvalue weighted by atomic mass is 10.1. The zero-order valence-electron chi connectivity index (χ0n) is 15.0. The Hall–Kier alpha value is -3.87. The molecule has 0 fully saturated rings. The Bertz CT molecular complexity index is 1020. The molecule has 0 saturated carbocycles. The van der Waals surface area contributed by atoms with Gasteiger partial charge in [0.25, 0.3) is 0 Å². The number of hydrogen-bond acceptors (Lipinski definition) is 4. The summed E-state index contributed by atoms with van der Waals surface area (Å²) in [7, 11) is 0. The van der Waals surface area contributed by atoms with E-state index in [1.54, 1.807) is 6.08 Å². The van der Waals surface area contributed by atoms with Gasteiger partial charge in [0.2, 0.25) is 11.8 Å². The molecule has 1 heterocycles. The number of amides is 1. The molecule has 3 rings (SSSR count). The molecular formula is C21H20N4O3. The Morgan fingerprint density at radius 3 is 2.46 bits per heavy atom. The number of nitrogens with zero attached hydrogens (tertiary/aromatic N) is 2. The van der Waals surface area contributed by atoms with Crippen LogP contribution in [-0.2, 0) is 11.2 Å². The standard InChI is InChI=1S/C21H20N4O3/c26-19(12-11-16-7-3-1-4-8-16)23-18(13-17-9-5-2-6-10-17)14-22-25-15-20(27)24-21(25)28/h1-12,14-15,18,27H,13H2,(H,23,26)(H,24,28). The van der Waals surface area contributed by atoms with Crippen LogP contribution in [0.5, 0.6) is 5.88 Å². The molecule has 0 radical (unpaired) electrons. The molecule has 0 aliphatic rings. The highest BCUT2D eigenvalue weighted by Gasteiger charge is 2.10. The molecule has 0 bridgehead atoms. The van der Waals surface area contributed by atoms with Crippen molar-refractivity contribution in [3.63, 3.8) is 0 Å². The van der Waals surface area contributed by atoms with Crippen molar-refractivity contribution < 1.29 is 9.90 Å². The number of nitrogens with one attached hydrogen (secondary N) is 2. The minimum atomic E-state index is -0.567. The van der Waals surface area contributed by atoms with E-state index < -0.39 is 11.7 Å². The number of aromatic nitrogens is 2. The highest BCUT2D eigenvalue weighted by atomic mass is 16.3. The molecule has 1 atom stereocenters.